The average Bonchev–Trinajstić information content (AvgIpc) is 2.75. The van der Waals surface area contributed by atoms with Crippen molar-refractivity contribution >= 4 is 43.5 Å². The van der Waals surface area contributed by atoms with E-state index in [1.165, 1.54) is 23.1 Å². The predicted molar refractivity (Wildman–Crippen MR) is 131 cm³/mol. The largest absolute Gasteiger partial charge is 0.354 e. The third-order valence-corrected chi connectivity index (χ3v) is 6.66. The van der Waals surface area contributed by atoms with Gasteiger partial charge in [-0.05, 0) is 43.2 Å². The van der Waals surface area contributed by atoms with E-state index >= 15 is 0 Å². The van der Waals surface area contributed by atoms with E-state index in [1.807, 2.05) is 19.1 Å². The standard InChI is InChI=1S/C23H29BrFN3O4S/c1-4-5-13-26-23(30)17(2)27(15-18-9-8-10-19(24)14-18)22(29)16-28(33(3,31)32)21-12-7-6-11-20(21)25/h6-12,14,17H,4-5,13,15-16H2,1-3H3,(H,26,30). The Morgan fingerprint density at radius 2 is 1.85 bits per heavy atom. The number of hydrogen-bond donors (Lipinski definition) is 1. The molecule has 33 heavy (non-hydrogen) atoms. The van der Waals surface area contributed by atoms with Crippen molar-refractivity contribution in [1.29, 1.82) is 0 Å². The Morgan fingerprint density at radius 3 is 2.45 bits per heavy atom. The van der Waals surface area contributed by atoms with Gasteiger partial charge in [0.15, 0.2) is 0 Å². The summed E-state index contributed by atoms with van der Waals surface area (Å²) in [6, 6.07) is 11.7. The first kappa shape index (κ1) is 26.8. The molecular formula is C23H29BrFN3O4S. The Bertz CT molecular complexity index is 1080. The normalized spacial score (nSPS) is 12.2. The van der Waals surface area contributed by atoms with Gasteiger partial charge in [0.05, 0.1) is 11.9 Å². The van der Waals surface area contributed by atoms with Crippen LogP contribution in [-0.4, -0.2) is 50.5 Å². The average molecular weight is 542 g/mol. The Balaban J connectivity index is 2.36. The molecule has 2 aromatic rings. The van der Waals surface area contributed by atoms with Crippen molar-refractivity contribution in [2.24, 2.45) is 0 Å². The molecule has 10 heteroatoms. The van der Waals surface area contributed by atoms with Crippen LogP contribution in [0.15, 0.2) is 53.0 Å². The molecule has 0 aromatic heterocycles. The number of para-hydroxylation sites is 1. The van der Waals surface area contributed by atoms with E-state index in [1.54, 1.807) is 19.1 Å². The molecule has 180 valence electrons. The van der Waals surface area contributed by atoms with Crippen LogP contribution in [0.2, 0.25) is 0 Å². The van der Waals surface area contributed by atoms with Crippen molar-refractivity contribution in [1.82, 2.24) is 10.2 Å². The van der Waals surface area contributed by atoms with Gasteiger partial charge in [-0.1, -0.05) is 53.5 Å². The van der Waals surface area contributed by atoms with Crippen molar-refractivity contribution in [3.05, 3.63) is 64.4 Å². The van der Waals surface area contributed by atoms with Crippen molar-refractivity contribution in [3.8, 4) is 0 Å². The highest BCUT2D eigenvalue weighted by Crippen LogP contribution is 2.22. The third kappa shape index (κ3) is 7.82. The number of unbranched alkanes of at least 4 members (excludes halogenated alkanes) is 1. The SMILES string of the molecule is CCCCNC(=O)C(C)N(Cc1cccc(Br)c1)C(=O)CN(c1ccccc1F)S(C)(=O)=O. The highest BCUT2D eigenvalue weighted by atomic mass is 79.9. The van der Waals surface area contributed by atoms with E-state index in [9.17, 15) is 22.4 Å². The molecule has 0 heterocycles. The van der Waals surface area contributed by atoms with E-state index in [2.05, 4.69) is 21.2 Å². The van der Waals surface area contributed by atoms with Crippen LogP contribution in [0, 0.1) is 5.82 Å². The van der Waals surface area contributed by atoms with Gasteiger partial charge in [0.25, 0.3) is 0 Å². The van der Waals surface area contributed by atoms with Crippen LogP contribution in [0.5, 0.6) is 0 Å². The van der Waals surface area contributed by atoms with E-state index in [0.717, 1.165) is 39.5 Å². The Morgan fingerprint density at radius 1 is 1.15 bits per heavy atom. The fourth-order valence-corrected chi connectivity index (χ4v) is 4.50. The molecule has 0 radical (unpaired) electrons. The molecule has 1 N–H and O–H groups in total. The van der Waals surface area contributed by atoms with Crippen LogP contribution >= 0.6 is 15.9 Å². The summed E-state index contributed by atoms with van der Waals surface area (Å²) >= 11 is 3.39. The molecule has 0 saturated heterocycles. The molecular weight excluding hydrogens is 513 g/mol. The summed E-state index contributed by atoms with van der Waals surface area (Å²) in [5.74, 6) is -1.73. The van der Waals surface area contributed by atoms with Crippen LogP contribution in [0.3, 0.4) is 0 Å². The minimum atomic E-state index is -3.97. The van der Waals surface area contributed by atoms with E-state index in [4.69, 9.17) is 0 Å². The van der Waals surface area contributed by atoms with Crippen LogP contribution in [0.1, 0.15) is 32.3 Å². The molecule has 0 aliphatic carbocycles. The number of halogens is 2. The summed E-state index contributed by atoms with van der Waals surface area (Å²) in [6.45, 7) is 3.51. The fraction of sp³-hybridized carbons (Fsp3) is 0.391. The number of carbonyl (C=O) groups excluding carboxylic acids is 2. The van der Waals surface area contributed by atoms with Gasteiger partial charge in [0.2, 0.25) is 21.8 Å². The van der Waals surface area contributed by atoms with Gasteiger partial charge in [-0.2, -0.15) is 0 Å². The lowest BCUT2D eigenvalue weighted by atomic mass is 10.1. The highest BCUT2D eigenvalue weighted by Gasteiger charge is 2.30. The minimum absolute atomic E-state index is 0.0789. The van der Waals surface area contributed by atoms with E-state index in [0.29, 0.717) is 6.54 Å². The third-order valence-electron chi connectivity index (χ3n) is 5.04. The van der Waals surface area contributed by atoms with E-state index < -0.39 is 34.3 Å². The maximum absolute atomic E-state index is 14.4. The second kappa shape index (κ2) is 12.1. The van der Waals surface area contributed by atoms with Crippen LogP contribution in [-0.2, 0) is 26.2 Å². The number of anilines is 1. The number of benzene rings is 2. The summed E-state index contributed by atoms with van der Waals surface area (Å²) in [7, 11) is -3.97. The molecule has 0 bridgehead atoms. The predicted octanol–water partition coefficient (Wildman–Crippen LogP) is 3.69. The van der Waals surface area contributed by atoms with Gasteiger partial charge in [-0.3, -0.25) is 13.9 Å². The molecule has 2 amide bonds. The smallest absolute Gasteiger partial charge is 0.244 e. The Labute approximate surface area is 203 Å². The molecule has 2 rings (SSSR count). The van der Waals surface area contributed by atoms with Gasteiger partial charge < -0.3 is 10.2 Å². The van der Waals surface area contributed by atoms with Crippen molar-refractivity contribution < 1.29 is 22.4 Å². The topological polar surface area (TPSA) is 86.8 Å². The lowest BCUT2D eigenvalue weighted by Crippen LogP contribution is -2.51. The number of nitrogens with one attached hydrogen (secondary N) is 1. The molecule has 0 aliphatic rings. The lowest BCUT2D eigenvalue weighted by molar-refractivity contribution is -0.139. The van der Waals surface area contributed by atoms with Crippen molar-refractivity contribution in [2.75, 3.05) is 23.7 Å². The quantitative estimate of drug-likeness (QED) is 0.439. The van der Waals surface area contributed by atoms with E-state index in [-0.39, 0.29) is 18.1 Å². The van der Waals surface area contributed by atoms with Gasteiger partial charge in [0.1, 0.15) is 18.4 Å². The molecule has 2 aromatic carbocycles. The number of carbonyl (C=O) groups is 2. The number of nitrogens with zero attached hydrogens (tertiary/aromatic N) is 2. The summed E-state index contributed by atoms with van der Waals surface area (Å²) in [5, 5.41) is 2.81. The lowest BCUT2D eigenvalue weighted by Gasteiger charge is -2.31. The van der Waals surface area contributed by atoms with Gasteiger partial charge in [0, 0.05) is 17.6 Å². The molecule has 1 atom stereocenters. The summed E-state index contributed by atoms with van der Waals surface area (Å²) in [6.07, 6.45) is 2.61. The molecule has 0 aliphatic heterocycles. The second-order valence-electron chi connectivity index (χ2n) is 7.69. The van der Waals surface area contributed by atoms with Gasteiger partial charge in [-0.15, -0.1) is 0 Å². The van der Waals surface area contributed by atoms with Crippen LogP contribution in [0.4, 0.5) is 10.1 Å². The minimum Gasteiger partial charge on any atom is -0.354 e. The number of rotatable bonds is 11. The zero-order valence-corrected chi connectivity index (χ0v) is 21.3. The van der Waals surface area contributed by atoms with Crippen molar-refractivity contribution in [3.63, 3.8) is 0 Å². The van der Waals surface area contributed by atoms with Crippen LogP contribution in [0.25, 0.3) is 0 Å². The summed E-state index contributed by atoms with van der Waals surface area (Å²) in [4.78, 5) is 27.4. The molecule has 7 nitrogen and oxygen atoms in total. The number of sulfonamides is 1. The Hall–Kier alpha value is -2.46. The number of amides is 2. The fourth-order valence-electron chi connectivity index (χ4n) is 3.20. The molecule has 0 saturated carbocycles. The first-order chi connectivity index (χ1) is 15.5. The molecule has 0 spiro atoms. The zero-order valence-electron chi connectivity index (χ0n) is 18.9. The van der Waals surface area contributed by atoms with Crippen LogP contribution < -0.4 is 9.62 Å². The van der Waals surface area contributed by atoms with Gasteiger partial charge in [-0.25, -0.2) is 12.8 Å². The summed E-state index contributed by atoms with van der Waals surface area (Å²) in [5.41, 5.74) is 0.526. The molecule has 1 unspecified atom stereocenters. The maximum atomic E-state index is 14.4. The highest BCUT2D eigenvalue weighted by molar-refractivity contribution is 9.10. The van der Waals surface area contributed by atoms with Gasteiger partial charge >= 0.3 is 0 Å². The maximum Gasteiger partial charge on any atom is 0.244 e. The monoisotopic (exact) mass is 541 g/mol. The van der Waals surface area contributed by atoms with Crippen molar-refractivity contribution in [2.45, 2.75) is 39.3 Å². The molecule has 0 fully saturated rings. The zero-order chi connectivity index (χ0) is 24.6. The summed E-state index contributed by atoms with van der Waals surface area (Å²) < 4.78 is 40.7. The first-order valence-corrected chi connectivity index (χ1v) is 13.2. The number of hydrogen-bond acceptors (Lipinski definition) is 4. The Kier molecular flexibility index (Phi) is 9.85. The first-order valence-electron chi connectivity index (χ1n) is 10.6. The second-order valence-corrected chi connectivity index (χ2v) is 10.5.